The Bertz CT molecular complexity index is 1410. The van der Waals surface area contributed by atoms with E-state index in [0.29, 0.717) is 55.0 Å². The van der Waals surface area contributed by atoms with Crippen LogP contribution in [0.25, 0.3) is 0 Å². The molecule has 0 spiro atoms. The minimum Gasteiger partial charge on any atom is -0.493 e. The van der Waals surface area contributed by atoms with Crippen molar-refractivity contribution < 1.29 is 45.8 Å². The van der Waals surface area contributed by atoms with Crippen molar-refractivity contribution in [3.63, 3.8) is 0 Å². The molecule has 0 bridgehead atoms. The van der Waals surface area contributed by atoms with E-state index in [1.807, 2.05) is 0 Å². The predicted molar refractivity (Wildman–Crippen MR) is 164 cm³/mol. The van der Waals surface area contributed by atoms with Crippen molar-refractivity contribution in [3.05, 3.63) is 53.6 Å². The van der Waals surface area contributed by atoms with Gasteiger partial charge in [0, 0.05) is 30.6 Å². The molecular weight excluding hydrogens is 651 g/mol. The molecule has 15 heteroatoms. The van der Waals surface area contributed by atoms with Crippen LogP contribution < -0.4 is 15.2 Å². The number of rotatable bonds is 8. The lowest BCUT2D eigenvalue weighted by molar-refractivity contribution is -0.192. The SMILES string of the molecule is NC1CCN(C(=O)[C@@H]2C[C@H](Oc3ccc(Cl)cc3)CN2S(=O)(=O)c2ccc(OCC3CCCCC3)cc2)CC1.O=C(O)C(F)(F)F. The zero-order valence-corrected chi connectivity index (χ0v) is 26.8. The molecular formula is C31H39ClF3N3O7S. The molecule has 3 aliphatic rings. The van der Waals surface area contributed by atoms with Crippen molar-refractivity contribution >= 4 is 33.5 Å². The number of nitrogens with zero attached hydrogens (tertiary/aromatic N) is 2. The maximum atomic E-state index is 13.9. The van der Waals surface area contributed by atoms with Crippen molar-refractivity contribution in [2.24, 2.45) is 11.7 Å². The normalized spacial score (nSPS) is 21.7. The lowest BCUT2D eigenvalue weighted by atomic mass is 9.90. The molecule has 46 heavy (non-hydrogen) atoms. The van der Waals surface area contributed by atoms with E-state index in [0.717, 1.165) is 0 Å². The summed E-state index contributed by atoms with van der Waals surface area (Å²) in [7, 11) is -3.96. The number of carbonyl (C=O) groups excluding carboxylic acids is 1. The zero-order valence-electron chi connectivity index (χ0n) is 25.2. The highest BCUT2D eigenvalue weighted by atomic mass is 35.5. The van der Waals surface area contributed by atoms with Gasteiger partial charge in [-0.1, -0.05) is 30.9 Å². The minimum atomic E-state index is -5.08. The van der Waals surface area contributed by atoms with Crippen LogP contribution >= 0.6 is 11.6 Å². The van der Waals surface area contributed by atoms with Crippen LogP contribution in [0.15, 0.2) is 53.4 Å². The lowest BCUT2D eigenvalue weighted by Gasteiger charge is -2.34. The Morgan fingerprint density at radius 1 is 0.935 bits per heavy atom. The first-order valence-electron chi connectivity index (χ1n) is 15.3. The zero-order chi connectivity index (χ0) is 33.5. The summed E-state index contributed by atoms with van der Waals surface area (Å²) in [5.41, 5.74) is 6.03. The van der Waals surface area contributed by atoms with Gasteiger partial charge in [-0.2, -0.15) is 17.5 Å². The standard InChI is InChI=1S/C29H38ClN3O5S.C2HF3O2/c30-22-6-8-25(9-7-22)38-26-18-28(29(34)32-16-14-23(31)15-17-32)33(19-26)39(35,36)27-12-10-24(11-13-27)37-20-21-4-2-1-3-5-21;3-2(4,5)1(6)7/h6-13,21,23,26,28H,1-5,14-20,31H2;(H,6,7)/t26-,28-;/m0./s1. The number of aliphatic carboxylic acids is 1. The van der Waals surface area contributed by atoms with E-state index >= 15 is 0 Å². The summed E-state index contributed by atoms with van der Waals surface area (Å²) in [6.45, 7) is 1.78. The number of ether oxygens (including phenoxy) is 2. The van der Waals surface area contributed by atoms with E-state index in [2.05, 4.69) is 0 Å². The molecule has 3 fully saturated rings. The van der Waals surface area contributed by atoms with Crippen molar-refractivity contribution in [1.82, 2.24) is 9.21 Å². The smallest absolute Gasteiger partial charge is 0.490 e. The number of carboxylic acid groups (broad SMARTS) is 1. The first kappa shape index (κ1) is 35.8. The molecule has 2 atom stereocenters. The second-order valence-electron chi connectivity index (χ2n) is 11.8. The largest absolute Gasteiger partial charge is 0.493 e. The van der Waals surface area contributed by atoms with Crippen LogP contribution in [0.5, 0.6) is 11.5 Å². The Morgan fingerprint density at radius 3 is 2.07 bits per heavy atom. The third-order valence-corrected chi connectivity index (χ3v) is 10.5. The highest BCUT2D eigenvalue weighted by Gasteiger charge is 2.46. The van der Waals surface area contributed by atoms with Crippen LogP contribution in [0.4, 0.5) is 13.2 Å². The molecule has 2 saturated heterocycles. The second-order valence-corrected chi connectivity index (χ2v) is 14.1. The number of carboxylic acids is 1. The quantitative estimate of drug-likeness (QED) is 0.391. The molecule has 10 nitrogen and oxygen atoms in total. The molecule has 1 aliphatic carbocycles. The van der Waals surface area contributed by atoms with Crippen molar-refractivity contribution in [2.75, 3.05) is 26.2 Å². The Morgan fingerprint density at radius 2 is 1.50 bits per heavy atom. The Hall–Kier alpha value is -3.07. The lowest BCUT2D eigenvalue weighted by Crippen LogP contribution is -2.51. The molecule has 2 heterocycles. The Balaban J connectivity index is 0.000000617. The molecule has 2 aromatic carbocycles. The Kier molecular flexibility index (Phi) is 12.2. The summed E-state index contributed by atoms with van der Waals surface area (Å²) in [4.78, 5) is 24.4. The number of likely N-dealkylation sites (tertiary alicyclic amines) is 1. The van der Waals surface area contributed by atoms with Crippen LogP contribution in [0.1, 0.15) is 51.4 Å². The number of nitrogens with two attached hydrogens (primary N) is 1. The van der Waals surface area contributed by atoms with Crippen LogP contribution in [0.3, 0.4) is 0 Å². The van der Waals surface area contributed by atoms with E-state index in [4.69, 9.17) is 36.7 Å². The summed E-state index contributed by atoms with van der Waals surface area (Å²) >= 11 is 6.00. The van der Waals surface area contributed by atoms with Gasteiger partial charge >= 0.3 is 12.1 Å². The van der Waals surface area contributed by atoms with Crippen LogP contribution in [-0.4, -0.2) is 85.2 Å². The summed E-state index contributed by atoms with van der Waals surface area (Å²) in [6.07, 6.45) is 2.27. The summed E-state index contributed by atoms with van der Waals surface area (Å²) < 4.78 is 72.9. The van der Waals surface area contributed by atoms with Crippen LogP contribution in [0, 0.1) is 5.92 Å². The second kappa shape index (κ2) is 15.7. The van der Waals surface area contributed by atoms with Crippen LogP contribution in [0.2, 0.25) is 5.02 Å². The average Bonchev–Trinajstić information content (AvgIpc) is 3.46. The summed E-state index contributed by atoms with van der Waals surface area (Å²) in [5, 5.41) is 7.71. The van der Waals surface area contributed by atoms with Gasteiger partial charge in [-0.25, -0.2) is 13.2 Å². The highest BCUT2D eigenvalue weighted by molar-refractivity contribution is 7.89. The predicted octanol–water partition coefficient (Wildman–Crippen LogP) is 5.09. The number of sulfonamides is 1. The van der Waals surface area contributed by atoms with E-state index in [-0.39, 0.29) is 29.8 Å². The fourth-order valence-electron chi connectivity index (χ4n) is 5.79. The molecule has 254 valence electrons. The number of piperidine rings is 1. The fourth-order valence-corrected chi connectivity index (χ4v) is 7.54. The van der Waals surface area contributed by atoms with Gasteiger partial charge in [0.15, 0.2) is 0 Å². The minimum absolute atomic E-state index is 0.0669. The van der Waals surface area contributed by atoms with Gasteiger partial charge in [0.2, 0.25) is 15.9 Å². The van der Waals surface area contributed by atoms with Crippen molar-refractivity contribution in [1.29, 1.82) is 0 Å². The molecule has 3 N–H and O–H groups in total. The molecule has 5 rings (SSSR count). The molecule has 0 aromatic heterocycles. The summed E-state index contributed by atoms with van der Waals surface area (Å²) in [6, 6.07) is 12.7. The van der Waals surface area contributed by atoms with E-state index < -0.39 is 34.3 Å². The Labute approximate surface area is 271 Å². The van der Waals surface area contributed by atoms with Gasteiger partial charge in [-0.3, -0.25) is 4.79 Å². The molecule has 1 amide bonds. The summed E-state index contributed by atoms with van der Waals surface area (Å²) in [5.74, 6) is -1.16. The average molecular weight is 690 g/mol. The molecule has 2 aromatic rings. The van der Waals surface area contributed by atoms with E-state index in [1.165, 1.54) is 36.4 Å². The van der Waals surface area contributed by atoms with E-state index in [9.17, 15) is 26.4 Å². The number of hydrogen-bond donors (Lipinski definition) is 2. The number of carbonyl (C=O) groups is 2. The molecule has 1 saturated carbocycles. The third kappa shape index (κ3) is 9.72. The number of hydrogen-bond acceptors (Lipinski definition) is 7. The van der Waals surface area contributed by atoms with E-state index in [1.54, 1.807) is 53.4 Å². The van der Waals surface area contributed by atoms with Gasteiger partial charge in [0.25, 0.3) is 0 Å². The first-order valence-corrected chi connectivity index (χ1v) is 17.1. The van der Waals surface area contributed by atoms with Gasteiger partial charge < -0.3 is 25.2 Å². The molecule has 0 unspecified atom stereocenters. The molecule has 0 radical (unpaired) electrons. The first-order chi connectivity index (χ1) is 21.7. The maximum absolute atomic E-state index is 13.9. The number of amides is 1. The topological polar surface area (TPSA) is 139 Å². The fraction of sp³-hybridized carbons (Fsp3) is 0.548. The maximum Gasteiger partial charge on any atom is 0.490 e. The number of benzene rings is 2. The highest BCUT2D eigenvalue weighted by Crippen LogP contribution is 2.32. The van der Waals surface area contributed by atoms with Crippen molar-refractivity contribution in [2.45, 2.75) is 80.6 Å². The van der Waals surface area contributed by atoms with Gasteiger partial charge in [-0.05, 0) is 80.1 Å². The third-order valence-electron chi connectivity index (χ3n) is 8.35. The van der Waals surface area contributed by atoms with Crippen molar-refractivity contribution in [3.8, 4) is 11.5 Å². The van der Waals surface area contributed by atoms with Gasteiger partial charge in [0.05, 0.1) is 18.0 Å². The van der Waals surface area contributed by atoms with Gasteiger partial charge in [0.1, 0.15) is 23.6 Å². The molecule has 2 aliphatic heterocycles. The number of alkyl halides is 3. The van der Waals surface area contributed by atoms with Gasteiger partial charge in [-0.15, -0.1) is 0 Å². The van der Waals surface area contributed by atoms with Crippen LogP contribution in [-0.2, 0) is 19.6 Å². The number of halogens is 4. The monoisotopic (exact) mass is 689 g/mol.